The number of nitro groups is 1. The minimum Gasteiger partial charge on any atom is -0.373 e. The fraction of sp³-hybridized carbons (Fsp3) is 0.214. The van der Waals surface area contributed by atoms with Crippen LogP contribution < -0.4 is 10.6 Å². The highest BCUT2D eigenvalue weighted by atomic mass is 19.1. The van der Waals surface area contributed by atoms with Gasteiger partial charge in [0, 0.05) is 12.6 Å². The van der Waals surface area contributed by atoms with Crippen molar-refractivity contribution in [3.8, 4) is 0 Å². The number of nitrogens with one attached hydrogen (secondary N) is 2. The van der Waals surface area contributed by atoms with Crippen molar-refractivity contribution in [2.75, 3.05) is 17.7 Å². The van der Waals surface area contributed by atoms with Gasteiger partial charge in [-0.3, -0.25) is 10.1 Å². The summed E-state index contributed by atoms with van der Waals surface area (Å²) in [6, 6.07) is 8.64. The average Bonchev–Trinajstić information content (AvgIpc) is 2.47. The Labute approximate surface area is 121 Å². The number of anilines is 2. The topological polar surface area (TPSA) is 80.1 Å². The molecular weight excluding hydrogens is 275 g/mol. The number of aromatic nitrogens is 1. The van der Waals surface area contributed by atoms with E-state index in [4.69, 9.17) is 0 Å². The molecule has 0 radical (unpaired) electrons. The number of benzene rings is 1. The fourth-order valence-corrected chi connectivity index (χ4v) is 1.95. The van der Waals surface area contributed by atoms with Crippen LogP contribution in [0.15, 0.2) is 36.4 Å². The first-order valence-corrected chi connectivity index (χ1v) is 6.36. The summed E-state index contributed by atoms with van der Waals surface area (Å²) in [6.07, 6.45) is 0. The normalized spacial score (nSPS) is 11.8. The molecule has 2 N–H and O–H groups in total. The van der Waals surface area contributed by atoms with E-state index in [-0.39, 0.29) is 17.5 Å². The molecule has 21 heavy (non-hydrogen) atoms. The summed E-state index contributed by atoms with van der Waals surface area (Å²) in [5.41, 5.74) is 0.384. The van der Waals surface area contributed by atoms with Gasteiger partial charge in [0.05, 0.1) is 23.1 Å². The second-order valence-corrected chi connectivity index (χ2v) is 4.49. The first-order chi connectivity index (χ1) is 10.0. The van der Waals surface area contributed by atoms with Crippen LogP contribution in [0.1, 0.15) is 18.5 Å². The van der Waals surface area contributed by atoms with Crippen molar-refractivity contribution in [3.63, 3.8) is 0 Å². The van der Waals surface area contributed by atoms with Gasteiger partial charge in [-0.05, 0) is 13.0 Å². The smallest absolute Gasteiger partial charge is 0.276 e. The Bertz CT molecular complexity index is 663. The van der Waals surface area contributed by atoms with Gasteiger partial charge in [-0.25, -0.2) is 9.37 Å². The third-order valence-electron chi connectivity index (χ3n) is 3.01. The van der Waals surface area contributed by atoms with Crippen molar-refractivity contribution < 1.29 is 9.31 Å². The summed E-state index contributed by atoms with van der Waals surface area (Å²) in [5.74, 6) is 0.341. The summed E-state index contributed by atoms with van der Waals surface area (Å²) < 4.78 is 13.7. The zero-order valence-corrected chi connectivity index (χ0v) is 11.6. The molecule has 0 saturated carbocycles. The van der Waals surface area contributed by atoms with Gasteiger partial charge in [0.2, 0.25) is 0 Å². The zero-order chi connectivity index (χ0) is 15.4. The molecular formula is C14H15FN4O2. The molecule has 0 aliphatic rings. The van der Waals surface area contributed by atoms with Crippen molar-refractivity contribution in [3.05, 3.63) is 57.9 Å². The molecule has 1 atom stereocenters. The molecule has 0 aliphatic heterocycles. The monoisotopic (exact) mass is 290 g/mol. The second-order valence-electron chi connectivity index (χ2n) is 4.49. The molecule has 1 aromatic heterocycles. The number of rotatable bonds is 5. The summed E-state index contributed by atoms with van der Waals surface area (Å²) in [6.45, 7) is 1.76. The molecule has 0 aliphatic carbocycles. The number of nitrogens with zero attached hydrogens (tertiary/aromatic N) is 2. The zero-order valence-electron chi connectivity index (χ0n) is 11.6. The molecule has 110 valence electrons. The van der Waals surface area contributed by atoms with Crippen LogP contribution in [0.5, 0.6) is 0 Å². The summed E-state index contributed by atoms with van der Waals surface area (Å²) in [4.78, 5) is 14.6. The van der Waals surface area contributed by atoms with E-state index in [1.54, 1.807) is 32.2 Å². The Balaban J connectivity index is 2.28. The largest absolute Gasteiger partial charge is 0.373 e. The molecule has 2 aromatic rings. The summed E-state index contributed by atoms with van der Waals surface area (Å²) in [7, 11) is 1.62. The van der Waals surface area contributed by atoms with E-state index in [1.165, 1.54) is 18.2 Å². The van der Waals surface area contributed by atoms with E-state index in [2.05, 4.69) is 15.6 Å². The quantitative estimate of drug-likeness (QED) is 0.652. The Morgan fingerprint density at radius 3 is 2.57 bits per heavy atom. The van der Waals surface area contributed by atoms with Gasteiger partial charge in [-0.2, -0.15) is 0 Å². The number of hydrogen-bond donors (Lipinski definition) is 2. The number of pyridine rings is 1. The van der Waals surface area contributed by atoms with Gasteiger partial charge in [-0.15, -0.1) is 0 Å². The van der Waals surface area contributed by atoms with Gasteiger partial charge in [-0.1, -0.05) is 18.2 Å². The highest BCUT2D eigenvalue weighted by molar-refractivity contribution is 5.55. The van der Waals surface area contributed by atoms with E-state index < -0.39 is 4.92 Å². The van der Waals surface area contributed by atoms with Gasteiger partial charge in [0.1, 0.15) is 17.5 Å². The van der Waals surface area contributed by atoms with Gasteiger partial charge in [0.15, 0.2) is 0 Å². The van der Waals surface area contributed by atoms with Crippen molar-refractivity contribution in [1.29, 1.82) is 0 Å². The van der Waals surface area contributed by atoms with E-state index in [0.29, 0.717) is 17.2 Å². The fourth-order valence-electron chi connectivity index (χ4n) is 1.95. The van der Waals surface area contributed by atoms with Crippen LogP contribution in [0.2, 0.25) is 0 Å². The van der Waals surface area contributed by atoms with Crippen LogP contribution in [0.25, 0.3) is 0 Å². The molecule has 1 heterocycles. The molecule has 1 aromatic carbocycles. The molecule has 2 rings (SSSR count). The Morgan fingerprint density at radius 2 is 1.95 bits per heavy atom. The average molecular weight is 290 g/mol. The molecule has 1 unspecified atom stereocenters. The highest BCUT2D eigenvalue weighted by Gasteiger charge is 2.14. The van der Waals surface area contributed by atoms with E-state index in [9.17, 15) is 14.5 Å². The molecule has 0 bridgehead atoms. The summed E-state index contributed by atoms with van der Waals surface area (Å²) >= 11 is 0. The van der Waals surface area contributed by atoms with Crippen LogP contribution in [0.3, 0.4) is 0 Å². The molecule has 0 fully saturated rings. The lowest BCUT2D eigenvalue weighted by Crippen LogP contribution is -2.10. The van der Waals surface area contributed by atoms with Crippen LogP contribution in [-0.2, 0) is 0 Å². The molecule has 6 nitrogen and oxygen atoms in total. The van der Waals surface area contributed by atoms with Gasteiger partial charge in [0.25, 0.3) is 5.69 Å². The van der Waals surface area contributed by atoms with Crippen molar-refractivity contribution in [2.45, 2.75) is 13.0 Å². The van der Waals surface area contributed by atoms with Gasteiger partial charge < -0.3 is 10.6 Å². The van der Waals surface area contributed by atoms with Crippen molar-refractivity contribution in [1.82, 2.24) is 4.98 Å². The second kappa shape index (κ2) is 6.17. The predicted octanol–water partition coefficient (Wildman–Crippen LogP) is 3.34. The minimum absolute atomic E-state index is 0.0856. The van der Waals surface area contributed by atoms with Crippen LogP contribution in [-0.4, -0.2) is 17.0 Å². The lowest BCUT2D eigenvalue weighted by molar-refractivity contribution is -0.384. The Hall–Kier alpha value is -2.70. The van der Waals surface area contributed by atoms with E-state index in [0.717, 1.165) is 0 Å². The number of halogens is 1. The maximum absolute atomic E-state index is 13.7. The Kier molecular flexibility index (Phi) is 4.32. The molecule has 0 amide bonds. The maximum atomic E-state index is 13.7. The minimum atomic E-state index is -0.499. The van der Waals surface area contributed by atoms with Crippen molar-refractivity contribution >= 4 is 17.3 Å². The maximum Gasteiger partial charge on any atom is 0.276 e. The lowest BCUT2D eigenvalue weighted by Gasteiger charge is -2.16. The first kappa shape index (κ1) is 14.7. The lowest BCUT2D eigenvalue weighted by atomic mass is 10.1. The third-order valence-corrected chi connectivity index (χ3v) is 3.01. The third kappa shape index (κ3) is 3.44. The van der Waals surface area contributed by atoms with Crippen LogP contribution in [0.4, 0.5) is 21.7 Å². The molecule has 0 saturated heterocycles. The summed E-state index contributed by atoms with van der Waals surface area (Å²) in [5, 5.41) is 16.6. The van der Waals surface area contributed by atoms with E-state index in [1.807, 2.05) is 0 Å². The molecule has 7 heteroatoms. The van der Waals surface area contributed by atoms with Gasteiger partial charge >= 0.3 is 0 Å². The first-order valence-electron chi connectivity index (χ1n) is 6.36. The highest BCUT2D eigenvalue weighted by Crippen LogP contribution is 2.25. The van der Waals surface area contributed by atoms with Crippen LogP contribution >= 0.6 is 0 Å². The SMILES string of the molecule is CNc1cc([N+](=O)[O-])cc(NC(C)c2ccccc2F)n1. The number of hydrogen-bond acceptors (Lipinski definition) is 5. The van der Waals surface area contributed by atoms with Crippen molar-refractivity contribution in [2.24, 2.45) is 0 Å². The van der Waals surface area contributed by atoms with E-state index >= 15 is 0 Å². The van der Waals surface area contributed by atoms with Crippen LogP contribution in [0, 0.1) is 15.9 Å². The standard InChI is InChI=1S/C14H15FN4O2/c1-9(11-5-3-4-6-12(11)15)17-14-8-10(19(20)21)7-13(16-2)18-14/h3-9H,1-2H3,(H2,16,17,18). The molecule has 0 spiro atoms. The predicted molar refractivity (Wildman–Crippen MR) is 78.9 cm³/mol. The Morgan fingerprint density at radius 1 is 1.29 bits per heavy atom.